The summed E-state index contributed by atoms with van der Waals surface area (Å²) in [5.74, 6) is 0. The van der Waals surface area contributed by atoms with Gasteiger partial charge >= 0.3 is 0 Å². The minimum absolute atomic E-state index is 0.234. The van der Waals surface area contributed by atoms with Crippen molar-refractivity contribution >= 4 is 0 Å². The van der Waals surface area contributed by atoms with Gasteiger partial charge in [-0.2, -0.15) is 0 Å². The van der Waals surface area contributed by atoms with Gasteiger partial charge in [0.15, 0.2) is 6.29 Å². The second-order valence-electron chi connectivity index (χ2n) is 1.75. The quantitative estimate of drug-likeness (QED) is 0.536. The largest absolute Gasteiger partial charge is 0.352 e. The van der Waals surface area contributed by atoms with Crippen LogP contribution < -0.4 is 0 Å². The summed E-state index contributed by atoms with van der Waals surface area (Å²) in [7, 11) is 3.20. The van der Waals surface area contributed by atoms with Crippen LogP contribution in [0.5, 0.6) is 0 Å². The summed E-state index contributed by atoms with van der Waals surface area (Å²) in [5.41, 5.74) is 0.986. The molecule has 0 spiro atoms. The van der Waals surface area contributed by atoms with Gasteiger partial charge < -0.3 is 9.47 Å². The van der Waals surface area contributed by atoms with Crippen LogP contribution in [0.1, 0.15) is 6.92 Å². The van der Waals surface area contributed by atoms with Crippen molar-refractivity contribution in [1.29, 1.82) is 0 Å². The molecule has 0 saturated heterocycles. The standard InChI is InChI=1S/C7H13O2/c1-5-6(2)7(8-3)9-4/h5,7H,1H2,2-4H3/b6-5+. The number of ether oxygens (including phenoxy) is 2. The van der Waals surface area contributed by atoms with Crippen molar-refractivity contribution in [3.05, 3.63) is 18.6 Å². The van der Waals surface area contributed by atoms with Gasteiger partial charge in [-0.3, -0.25) is 0 Å². The smallest absolute Gasteiger partial charge is 0.178 e. The molecule has 2 nitrogen and oxygen atoms in total. The molecule has 0 unspecified atom stereocenters. The van der Waals surface area contributed by atoms with Crippen molar-refractivity contribution in [3.8, 4) is 0 Å². The van der Waals surface area contributed by atoms with E-state index < -0.39 is 0 Å². The Labute approximate surface area is 56.5 Å². The fraction of sp³-hybridized carbons (Fsp3) is 0.571. The zero-order valence-corrected chi connectivity index (χ0v) is 6.18. The van der Waals surface area contributed by atoms with E-state index in [9.17, 15) is 0 Å². The van der Waals surface area contributed by atoms with Crippen LogP contribution in [0.3, 0.4) is 0 Å². The molecule has 0 fully saturated rings. The minimum Gasteiger partial charge on any atom is -0.352 e. The summed E-state index contributed by atoms with van der Waals surface area (Å²) in [5, 5.41) is 0. The third kappa shape index (κ3) is 2.63. The molecule has 0 aliphatic carbocycles. The Balaban J connectivity index is 3.79. The molecule has 0 amide bonds. The number of hydrogen-bond donors (Lipinski definition) is 0. The Morgan fingerprint density at radius 2 is 1.89 bits per heavy atom. The summed E-state index contributed by atoms with van der Waals surface area (Å²) in [6.45, 7) is 5.49. The van der Waals surface area contributed by atoms with E-state index in [-0.39, 0.29) is 6.29 Å². The third-order valence-corrected chi connectivity index (χ3v) is 1.12. The van der Waals surface area contributed by atoms with Crippen LogP contribution in [0, 0.1) is 6.92 Å². The highest BCUT2D eigenvalue weighted by atomic mass is 16.7. The van der Waals surface area contributed by atoms with Crippen LogP contribution in [-0.2, 0) is 9.47 Å². The topological polar surface area (TPSA) is 18.5 Å². The predicted molar refractivity (Wildman–Crippen MR) is 36.9 cm³/mol. The molecule has 0 rings (SSSR count). The summed E-state index contributed by atoms with van der Waals surface area (Å²) in [6.07, 6.45) is 1.49. The van der Waals surface area contributed by atoms with Crippen molar-refractivity contribution in [2.24, 2.45) is 0 Å². The predicted octanol–water partition coefficient (Wildman–Crippen LogP) is 1.39. The van der Waals surface area contributed by atoms with E-state index in [1.165, 1.54) is 0 Å². The highest BCUT2D eigenvalue weighted by Crippen LogP contribution is 2.03. The first-order chi connectivity index (χ1) is 4.26. The molecule has 0 aromatic heterocycles. The lowest BCUT2D eigenvalue weighted by Crippen LogP contribution is -2.13. The van der Waals surface area contributed by atoms with Crippen molar-refractivity contribution in [3.63, 3.8) is 0 Å². The van der Waals surface area contributed by atoms with E-state index in [0.717, 1.165) is 5.57 Å². The van der Waals surface area contributed by atoms with Crippen molar-refractivity contribution < 1.29 is 9.47 Å². The maximum atomic E-state index is 4.92. The molecular weight excluding hydrogens is 116 g/mol. The molecular formula is C7H13O2. The average molecular weight is 129 g/mol. The molecule has 2 heteroatoms. The molecule has 1 radical (unpaired) electrons. The minimum atomic E-state index is -0.234. The fourth-order valence-corrected chi connectivity index (χ4v) is 0.564. The van der Waals surface area contributed by atoms with Gasteiger partial charge in [-0.25, -0.2) is 0 Å². The van der Waals surface area contributed by atoms with Crippen LogP contribution in [0.25, 0.3) is 0 Å². The Kier molecular flexibility index (Phi) is 4.36. The molecule has 0 bridgehead atoms. The first-order valence-electron chi connectivity index (χ1n) is 2.77. The van der Waals surface area contributed by atoms with Crippen LogP contribution in [0.4, 0.5) is 0 Å². The van der Waals surface area contributed by atoms with E-state index in [0.29, 0.717) is 0 Å². The first-order valence-corrected chi connectivity index (χ1v) is 2.77. The maximum Gasteiger partial charge on any atom is 0.178 e. The molecule has 0 aromatic carbocycles. The van der Waals surface area contributed by atoms with Crippen molar-refractivity contribution in [1.82, 2.24) is 0 Å². The molecule has 0 saturated carbocycles. The maximum absolute atomic E-state index is 4.92. The SMILES string of the molecule is [CH2]/C=C(\C)C(OC)OC. The molecule has 0 aromatic rings. The molecule has 0 aliphatic rings. The third-order valence-electron chi connectivity index (χ3n) is 1.12. The van der Waals surface area contributed by atoms with Gasteiger partial charge in [-0.05, 0) is 19.4 Å². The van der Waals surface area contributed by atoms with Gasteiger partial charge in [0.25, 0.3) is 0 Å². The average Bonchev–Trinajstić information content (AvgIpc) is 1.90. The van der Waals surface area contributed by atoms with Crippen LogP contribution in [0.2, 0.25) is 0 Å². The Morgan fingerprint density at radius 1 is 1.44 bits per heavy atom. The molecule has 0 heterocycles. The van der Waals surface area contributed by atoms with E-state index in [2.05, 4.69) is 6.92 Å². The highest BCUT2D eigenvalue weighted by Gasteiger charge is 2.04. The highest BCUT2D eigenvalue weighted by molar-refractivity contribution is 5.02. The number of allylic oxidation sites excluding steroid dienone is 1. The monoisotopic (exact) mass is 129 g/mol. The van der Waals surface area contributed by atoms with Gasteiger partial charge in [-0.1, -0.05) is 6.08 Å². The summed E-state index contributed by atoms with van der Waals surface area (Å²) in [6, 6.07) is 0. The van der Waals surface area contributed by atoms with E-state index in [1.54, 1.807) is 20.3 Å². The number of rotatable bonds is 3. The van der Waals surface area contributed by atoms with Crippen molar-refractivity contribution in [2.45, 2.75) is 13.2 Å². The molecule has 53 valence electrons. The van der Waals surface area contributed by atoms with Crippen LogP contribution >= 0.6 is 0 Å². The zero-order chi connectivity index (χ0) is 7.28. The number of hydrogen-bond acceptors (Lipinski definition) is 2. The van der Waals surface area contributed by atoms with Gasteiger partial charge in [0.1, 0.15) is 0 Å². The van der Waals surface area contributed by atoms with E-state index in [4.69, 9.17) is 9.47 Å². The number of methoxy groups -OCH3 is 2. The fourth-order valence-electron chi connectivity index (χ4n) is 0.564. The van der Waals surface area contributed by atoms with Gasteiger partial charge in [0.05, 0.1) is 0 Å². The second-order valence-corrected chi connectivity index (χ2v) is 1.75. The normalized spacial score (nSPS) is 12.8. The molecule has 0 atom stereocenters. The van der Waals surface area contributed by atoms with E-state index in [1.807, 2.05) is 6.92 Å². The van der Waals surface area contributed by atoms with Crippen molar-refractivity contribution in [2.75, 3.05) is 14.2 Å². The Morgan fingerprint density at radius 3 is 2.00 bits per heavy atom. The second kappa shape index (κ2) is 4.53. The first kappa shape index (κ1) is 8.66. The summed E-state index contributed by atoms with van der Waals surface area (Å²) < 4.78 is 9.84. The molecule has 0 N–H and O–H groups in total. The van der Waals surface area contributed by atoms with Crippen LogP contribution in [-0.4, -0.2) is 20.5 Å². The molecule has 9 heavy (non-hydrogen) atoms. The van der Waals surface area contributed by atoms with E-state index >= 15 is 0 Å². The Bertz CT molecular complexity index is 93.1. The summed E-state index contributed by atoms with van der Waals surface area (Å²) in [4.78, 5) is 0. The summed E-state index contributed by atoms with van der Waals surface area (Å²) >= 11 is 0. The van der Waals surface area contributed by atoms with Gasteiger partial charge in [0, 0.05) is 14.2 Å². The van der Waals surface area contributed by atoms with Gasteiger partial charge in [-0.15, -0.1) is 0 Å². The Hall–Kier alpha value is -0.340. The van der Waals surface area contributed by atoms with Crippen LogP contribution in [0.15, 0.2) is 11.6 Å². The zero-order valence-electron chi connectivity index (χ0n) is 6.18. The lowest BCUT2D eigenvalue weighted by molar-refractivity contribution is -0.0746. The molecule has 0 aliphatic heterocycles. The lowest BCUT2D eigenvalue weighted by atomic mass is 10.3. The van der Waals surface area contributed by atoms with Gasteiger partial charge in [0.2, 0.25) is 0 Å². The lowest BCUT2D eigenvalue weighted by Gasteiger charge is -2.12.